The SMILES string of the molecule is CSc1ccc(CC(=O)N2CCN(c3nc4c(C)cccc4s3)CC2)cc1. The number of amides is 1. The second kappa shape index (κ2) is 7.90. The topological polar surface area (TPSA) is 36.4 Å². The molecule has 4 nitrogen and oxygen atoms in total. The third-order valence-electron chi connectivity index (χ3n) is 5.03. The minimum Gasteiger partial charge on any atom is -0.345 e. The van der Waals surface area contributed by atoms with Crippen molar-refractivity contribution in [1.82, 2.24) is 9.88 Å². The summed E-state index contributed by atoms with van der Waals surface area (Å²) < 4.78 is 1.23. The van der Waals surface area contributed by atoms with Gasteiger partial charge in [0.05, 0.1) is 16.6 Å². The monoisotopic (exact) mass is 397 g/mol. The van der Waals surface area contributed by atoms with Gasteiger partial charge in [0, 0.05) is 31.1 Å². The first-order valence-electron chi connectivity index (χ1n) is 9.16. The maximum Gasteiger partial charge on any atom is 0.227 e. The number of nitrogens with zero attached hydrogens (tertiary/aromatic N) is 3. The van der Waals surface area contributed by atoms with Gasteiger partial charge in [-0.15, -0.1) is 11.8 Å². The molecule has 1 aliphatic rings. The Morgan fingerprint density at radius 1 is 1.11 bits per heavy atom. The van der Waals surface area contributed by atoms with Gasteiger partial charge < -0.3 is 9.80 Å². The van der Waals surface area contributed by atoms with Crippen molar-refractivity contribution in [3.63, 3.8) is 0 Å². The average Bonchev–Trinajstić information content (AvgIpc) is 3.14. The smallest absolute Gasteiger partial charge is 0.227 e. The summed E-state index contributed by atoms with van der Waals surface area (Å²) in [6.07, 6.45) is 2.54. The second-order valence-corrected chi connectivity index (χ2v) is 8.70. The summed E-state index contributed by atoms with van der Waals surface area (Å²) >= 11 is 3.46. The minimum absolute atomic E-state index is 0.215. The maximum absolute atomic E-state index is 12.6. The van der Waals surface area contributed by atoms with E-state index < -0.39 is 0 Å². The molecule has 0 bridgehead atoms. The maximum atomic E-state index is 12.6. The third-order valence-corrected chi connectivity index (χ3v) is 6.85. The predicted molar refractivity (Wildman–Crippen MR) is 115 cm³/mol. The number of rotatable bonds is 4. The Balaban J connectivity index is 1.37. The highest BCUT2D eigenvalue weighted by Gasteiger charge is 2.23. The normalized spacial score (nSPS) is 14.7. The highest BCUT2D eigenvalue weighted by atomic mass is 32.2. The molecule has 3 aromatic rings. The van der Waals surface area contributed by atoms with Gasteiger partial charge in [0.15, 0.2) is 5.13 Å². The van der Waals surface area contributed by atoms with E-state index in [2.05, 4.69) is 60.5 Å². The van der Waals surface area contributed by atoms with Crippen molar-refractivity contribution in [1.29, 1.82) is 0 Å². The minimum atomic E-state index is 0.215. The zero-order valence-corrected chi connectivity index (χ0v) is 17.3. The van der Waals surface area contributed by atoms with Crippen LogP contribution in [-0.2, 0) is 11.2 Å². The second-order valence-electron chi connectivity index (χ2n) is 6.81. The van der Waals surface area contributed by atoms with Gasteiger partial charge in [0.1, 0.15) is 0 Å². The Bertz CT molecular complexity index is 944. The van der Waals surface area contributed by atoms with Crippen molar-refractivity contribution >= 4 is 44.4 Å². The number of fused-ring (bicyclic) bond motifs is 1. The highest BCUT2D eigenvalue weighted by Crippen LogP contribution is 2.31. The molecular weight excluding hydrogens is 374 g/mol. The number of piperazine rings is 1. The highest BCUT2D eigenvalue weighted by molar-refractivity contribution is 7.98. The van der Waals surface area contributed by atoms with E-state index in [1.807, 2.05) is 4.90 Å². The molecule has 27 heavy (non-hydrogen) atoms. The van der Waals surface area contributed by atoms with Crippen LogP contribution in [-0.4, -0.2) is 48.2 Å². The van der Waals surface area contributed by atoms with E-state index in [9.17, 15) is 4.79 Å². The van der Waals surface area contributed by atoms with E-state index in [4.69, 9.17) is 4.98 Å². The van der Waals surface area contributed by atoms with E-state index in [1.54, 1.807) is 23.1 Å². The van der Waals surface area contributed by atoms with Crippen molar-refractivity contribution in [2.45, 2.75) is 18.2 Å². The van der Waals surface area contributed by atoms with Gasteiger partial charge in [-0.2, -0.15) is 0 Å². The summed E-state index contributed by atoms with van der Waals surface area (Å²) in [5.41, 5.74) is 3.41. The molecule has 0 aliphatic carbocycles. The summed E-state index contributed by atoms with van der Waals surface area (Å²) in [5, 5.41) is 1.07. The van der Waals surface area contributed by atoms with Crippen LogP contribution in [0.3, 0.4) is 0 Å². The van der Waals surface area contributed by atoms with Crippen LogP contribution in [0, 0.1) is 6.92 Å². The zero-order chi connectivity index (χ0) is 18.8. The third kappa shape index (κ3) is 3.96. The number of hydrogen-bond acceptors (Lipinski definition) is 5. The van der Waals surface area contributed by atoms with Gasteiger partial charge in [-0.25, -0.2) is 4.98 Å². The first-order valence-corrected chi connectivity index (χ1v) is 11.2. The molecule has 1 aliphatic heterocycles. The molecule has 0 saturated carbocycles. The van der Waals surface area contributed by atoms with Crippen LogP contribution in [0.25, 0.3) is 10.2 Å². The standard InChI is InChI=1S/C21H23N3OS2/c1-15-4-3-5-18-20(15)22-21(27-18)24-12-10-23(11-13-24)19(25)14-16-6-8-17(26-2)9-7-16/h3-9H,10-14H2,1-2H3. The molecule has 0 radical (unpaired) electrons. The summed E-state index contributed by atoms with van der Waals surface area (Å²) in [5.74, 6) is 0.215. The van der Waals surface area contributed by atoms with Gasteiger partial charge >= 0.3 is 0 Å². The Morgan fingerprint density at radius 3 is 2.52 bits per heavy atom. The number of hydrogen-bond donors (Lipinski definition) is 0. The largest absolute Gasteiger partial charge is 0.345 e. The van der Waals surface area contributed by atoms with Crippen LogP contribution in [0.5, 0.6) is 0 Å². The first kappa shape index (κ1) is 18.3. The molecule has 1 aromatic heterocycles. The molecule has 1 amide bonds. The Morgan fingerprint density at radius 2 is 1.85 bits per heavy atom. The van der Waals surface area contributed by atoms with Crippen LogP contribution in [0.15, 0.2) is 47.4 Å². The van der Waals surface area contributed by atoms with E-state index in [-0.39, 0.29) is 5.91 Å². The molecule has 0 atom stereocenters. The number of aromatic nitrogens is 1. The van der Waals surface area contributed by atoms with Gasteiger partial charge in [-0.3, -0.25) is 4.79 Å². The number of carbonyl (C=O) groups is 1. The summed E-state index contributed by atoms with van der Waals surface area (Å²) in [7, 11) is 0. The van der Waals surface area contributed by atoms with Gasteiger partial charge in [0.25, 0.3) is 0 Å². The Kier molecular flexibility index (Phi) is 5.36. The zero-order valence-electron chi connectivity index (χ0n) is 15.6. The van der Waals surface area contributed by atoms with Crippen molar-refractivity contribution < 1.29 is 4.79 Å². The number of benzene rings is 2. The molecule has 1 fully saturated rings. The molecule has 2 heterocycles. The fourth-order valence-electron chi connectivity index (χ4n) is 3.39. The average molecular weight is 398 g/mol. The van der Waals surface area contributed by atoms with Gasteiger partial charge in [-0.05, 0) is 42.5 Å². The Hall–Kier alpha value is -2.05. The van der Waals surface area contributed by atoms with Crippen molar-refractivity contribution in [3.05, 3.63) is 53.6 Å². The molecule has 6 heteroatoms. The number of anilines is 1. The lowest BCUT2D eigenvalue weighted by molar-refractivity contribution is -0.130. The van der Waals surface area contributed by atoms with E-state index in [1.165, 1.54) is 15.2 Å². The number of thioether (sulfide) groups is 1. The van der Waals surface area contributed by atoms with Crippen LogP contribution in [0.2, 0.25) is 0 Å². The van der Waals surface area contributed by atoms with Crippen molar-refractivity contribution in [3.8, 4) is 0 Å². The van der Waals surface area contributed by atoms with Crippen LogP contribution < -0.4 is 4.90 Å². The van der Waals surface area contributed by atoms with Gasteiger partial charge in [-0.1, -0.05) is 35.6 Å². The number of thiazole rings is 1. The predicted octanol–water partition coefficient (Wildman–Crippen LogP) is 4.22. The van der Waals surface area contributed by atoms with Crippen LogP contribution in [0.4, 0.5) is 5.13 Å². The molecule has 0 unspecified atom stereocenters. The lowest BCUT2D eigenvalue weighted by Gasteiger charge is -2.34. The molecule has 0 spiro atoms. The van der Waals surface area contributed by atoms with E-state index in [0.29, 0.717) is 6.42 Å². The molecule has 4 rings (SSSR count). The number of carbonyl (C=O) groups excluding carboxylic acids is 1. The number of para-hydroxylation sites is 1. The lowest BCUT2D eigenvalue weighted by atomic mass is 10.1. The fraction of sp³-hybridized carbons (Fsp3) is 0.333. The van der Waals surface area contributed by atoms with Crippen molar-refractivity contribution in [2.24, 2.45) is 0 Å². The molecule has 140 valence electrons. The van der Waals surface area contributed by atoms with Crippen molar-refractivity contribution in [2.75, 3.05) is 37.3 Å². The van der Waals surface area contributed by atoms with Crippen LogP contribution in [0.1, 0.15) is 11.1 Å². The first-order chi connectivity index (χ1) is 13.1. The van der Waals surface area contributed by atoms with E-state index >= 15 is 0 Å². The van der Waals surface area contributed by atoms with Crippen LogP contribution >= 0.6 is 23.1 Å². The quantitative estimate of drug-likeness (QED) is 0.618. The molecular formula is C21H23N3OS2. The Labute approximate surface area is 168 Å². The summed E-state index contributed by atoms with van der Waals surface area (Å²) in [6, 6.07) is 14.6. The van der Waals surface area contributed by atoms with Gasteiger partial charge in [0.2, 0.25) is 5.91 Å². The summed E-state index contributed by atoms with van der Waals surface area (Å²) in [6.45, 7) is 5.31. The summed E-state index contributed by atoms with van der Waals surface area (Å²) in [4.78, 5) is 23.0. The molecule has 2 aromatic carbocycles. The lowest BCUT2D eigenvalue weighted by Crippen LogP contribution is -2.49. The fourth-order valence-corrected chi connectivity index (χ4v) is 4.89. The number of aryl methyl sites for hydroxylation is 1. The molecule has 1 saturated heterocycles. The van der Waals surface area contributed by atoms with E-state index in [0.717, 1.165) is 42.4 Å². The molecule has 0 N–H and O–H groups in total.